The van der Waals surface area contributed by atoms with Crippen LogP contribution in [0.25, 0.3) is 11.3 Å². The summed E-state index contributed by atoms with van der Waals surface area (Å²) in [7, 11) is -3.25. The predicted octanol–water partition coefficient (Wildman–Crippen LogP) is 3.88. The van der Waals surface area contributed by atoms with Crippen molar-refractivity contribution in [1.82, 2.24) is 10.3 Å². The van der Waals surface area contributed by atoms with Crippen molar-refractivity contribution in [3.63, 3.8) is 0 Å². The number of pyridine rings is 1. The molecule has 0 bridgehead atoms. The first kappa shape index (κ1) is 19.4. The Hall–Kier alpha value is -2.90. The van der Waals surface area contributed by atoms with Crippen LogP contribution in [0.2, 0.25) is 5.02 Å². The molecule has 8 heteroatoms. The van der Waals surface area contributed by atoms with Crippen LogP contribution in [-0.4, -0.2) is 25.5 Å². The van der Waals surface area contributed by atoms with Crippen LogP contribution in [-0.2, 0) is 16.4 Å². The molecule has 3 aromatic rings. The topological polar surface area (TPSA) is 97.4 Å². The number of nitrogen functional groups attached to an aromatic ring is 1. The number of fused-ring (bicyclic) bond motifs is 1. The highest BCUT2D eigenvalue weighted by Crippen LogP contribution is 2.30. The second-order valence-corrected chi connectivity index (χ2v) is 9.42. The summed E-state index contributed by atoms with van der Waals surface area (Å²) in [6, 6.07) is 14.1. The Morgan fingerprint density at radius 3 is 2.52 bits per heavy atom. The van der Waals surface area contributed by atoms with Crippen molar-refractivity contribution in [2.45, 2.75) is 18.4 Å². The summed E-state index contributed by atoms with van der Waals surface area (Å²) < 4.78 is 23.4. The average Bonchev–Trinajstić information content (AvgIpc) is 2.69. The first-order chi connectivity index (χ1) is 13.7. The molecule has 1 aliphatic rings. The van der Waals surface area contributed by atoms with Gasteiger partial charge >= 0.3 is 0 Å². The van der Waals surface area contributed by atoms with Gasteiger partial charge in [0.15, 0.2) is 15.7 Å². The maximum absolute atomic E-state index is 11.7. The Kier molecular flexibility index (Phi) is 4.80. The second-order valence-electron chi connectivity index (χ2n) is 6.97. The third kappa shape index (κ3) is 3.83. The van der Waals surface area contributed by atoms with Crippen molar-refractivity contribution in [3.8, 4) is 11.3 Å². The molecule has 0 saturated carbocycles. The van der Waals surface area contributed by atoms with Crippen LogP contribution in [0.1, 0.15) is 16.8 Å². The average molecular weight is 427 g/mol. The molecule has 0 fully saturated rings. The number of amidine groups is 1. The summed E-state index contributed by atoms with van der Waals surface area (Å²) in [6.07, 6.45) is 1.18. The van der Waals surface area contributed by atoms with Crippen molar-refractivity contribution in [2.24, 2.45) is 4.99 Å². The highest BCUT2D eigenvalue weighted by atomic mass is 35.5. The van der Waals surface area contributed by atoms with Crippen molar-refractivity contribution in [2.75, 3.05) is 12.0 Å². The van der Waals surface area contributed by atoms with Crippen molar-refractivity contribution in [3.05, 3.63) is 70.4 Å². The Bertz CT molecular complexity index is 1250. The molecular formula is C21H19ClN4O2S. The standard InChI is InChI=1S/C21H19ClN4O2S/c1-12-9-18(13-3-6-16(7-4-13)29(2,27)28)25-20(19(12)23)21-24-11-14-10-15(22)5-8-17(14)26-21/h3-10H,11,23H2,1-2H3,(H,24,26). The number of aryl methyl sites for hydroxylation is 1. The number of hydrogen-bond donors (Lipinski definition) is 2. The first-order valence-corrected chi connectivity index (χ1v) is 11.2. The predicted molar refractivity (Wildman–Crippen MR) is 116 cm³/mol. The van der Waals surface area contributed by atoms with Crippen LogP contribution in [0.4, 0.5) is 11.4 Å². The van der Waals surface area contributed by atoms with E-state index < -0.39 is 9.84 Å². The molecule has 2 aromatic carbocycles. The molecule has 4 rings (SSSR count). The van der Waals surface area contributed by atoms with Crippen LogP contribution in [0.5, 0.6) is 0 Å². The Balaban J connectivity index is 1.78. The minimum Gasteiger partial charge on any atom is -0.397 e. The van der Waals surface area contributed by atoms with Gasteiger partial charge in [0.25, 0.3) is 0 Å². The van der Waals surface area contributed by atoms with Crippen molar-refractivity contribution < 1.29 is 8.42 Å². The van der Waals surface area contributed by atoms with Gasteiger partial charge in [-0.1, -0.05) is 23.7 Å². The fourth-order valence-electron chi connectivity index (χ4n) is 3.16. The molecule has 0 atom stereocenters. The quantitative estimate of drug-likeness (QED) is 0.662. The number of benzene rings is 2. The monoisotopic (exact) mass is 426 g/mol. The summed E-state index contributed by atoms with van der Waals surface area (Å²) in [5, 5.41) is 3.93. The third-order valence-electron chi connectivity index (χ3n) is 4.79. The third-order valence-corrected chi connectivity index (χ3v) is 6.15. The molecule has 3 N–H and O–H groups in total. The lowest BCUT2D eigenvalue weighted by molar-refractivity contribution is 0.602. The lowest BCUT2D eigenvalue weighted by atomic mass is 10.1. The van der Waals surface area contributed by atoms with Gasteiger partial charge in [0.2, 0.25) is 0 Å². The number of aliphatic imine (C=N–C) groups is 1. The lowest BCUT2D eigenvalue weighted by Crippen LogP contribution is -2.29. The Morgan fingerprint density at radius 2 is 1.83 bits per heavy atom. The Labute approximate surface area is 174 Å². The molecule has 29 heavy (non-hydrogen) atoms. The SMILES string of the molecule is Cc1cc(-c2ccc(S(C)(=O)=O)cc2)nc(C2=Nc3ccc(Cl)cc3CN2)c1N. The number of halogens is 1. The largest absolute Gasteiger partial charge is 0.397 e. The van der Waals surface area contributed by atoms with Gasteiger partial charge in [0.1, 0.15) is 5.69 Å². The lowest BCUT2D eigenvalue weighted by Gasteiger charge is -2.20. The van der Waals surface area contributed by atoms with E-state index in [2.05, 4.69) is 10.3 Å². The fraction of sp³-hybridized carbons (Fsp3) is 0.143. The van der Waals surface area contributed by atoms with Crippen molar-refractivity contribution >= 4 is 38.6 Å². The summed E-state index contributed by atoms with van der Waals surface area (Å²) in [6.45, 7) is 2.48. The zero-order valence-corrected chi connectivity index (χ0v) is 17.5. The van der Waals surface area contributed by atoms with E-state index in [-0.39, 0.29) is 4.90 Å². The highest BCUT2D eigenvalue weighted by Gasteiger charge is 2.19. The van der Waals surface area contributed by atoms with E-state index >= 15 is 0 Å². The fourth-order valence-corrected chi connectivity index (χ4v) is 3.99. The van der Waals surface area contributed by atoms with E-state index in [1.54, 1.807) is 30.3 Å². The van der Waals surface area contributed by atoms with E-state index in [0.29, 0.717) is 34.5 Å². The maximum Gasteiger partial charge on any atom is 0.175 e. The minimum absolute atomic E-state index is 0.266. The summed E-state index contributed by atoms with van der Waals surface area (Å²) in [4.78, 5) is 9.65. The molecule has 0 radical (unpaired) electrons. The molecule has 1 aliphatic heterocycles. The van der Waals surface area contributed by atoms with E-state index in [0.717, 1.165) is 22.4 Å². The van der Waals surface area contributed by atoms with E-state index in [4.69, 9.17) is 22.3 Å². The minimum atomic E-state index is -3.25. The van der Waals surface area contributed by atoms with E-state index in [9.17, 15) is 8.42 Å². The molecule has 0 aliphatic carbocycles. The number of anilines is 1. The number of hydrogen-bond acceptors (Lipinski definition) is 6. The zero-order valence-electron chi connectivity index (χ0n) is 15.9. The van der Waals surface area contributed by atoms with Crippen LogP contribution in [0, 0.1) is 6.92 Å². The van der Waals surface area contributed by atoms with Gasteiger partial charge in [-0.25, -0.2) is 18.4 Å². The molecule has 0 saturated heterocycles. The molecule has 0 amide bonds. The summed E-state index contributed by atoms with van der Waals surface area (Å²) >= 11 is 6.06. The molecule has 148 valence electrons. The van der Waals surface area contributed by atoms with Gasteiger partial charge < -0.3 is 11.1 Å². The van der Waals surface area contributed by atoms with Gasteiger partial charge in [0, 0.05) is 23.4 Å². The van der Waals surface area contributed by atoms with Gasteiger partial charge in [-0.3, -0.25) is 0 Å². The zero-order chi connectivity index (χ0) is 20.8. The Morgan fingerprint density at radius 1 is 1.10 bits per heavy atom. The second kappa shape index (κ2) is 7.17. The van der Waals surface area contributed by atoms with Gasteiger partial charge in [-0.15, -0.1) is 0 Å². The maximum atomic E-state index is 11.7. The van der Waals surface area contributed by atoms with Gasteiger partial charge in [0.05, 0.1) is 22.0 Å². The smallest absolute Gasteiger partial charge is 0.175 e. The highest BCUT2D eigenvalue weighted by molar-refractivity contribution is 7.90. The molecule has 0 spiro atoms. The van der Waals surface area contributed by atoms with Gasteiger partial charge in [-0.05, 0) is 54.4 Å². The summed E-state index contributed by atoms with van der Waals surface area (Å²) in [5.74, 6) is 0.593. The molecule has 1 aromatic heterocycles. The normalized spacial score (nSPS) is 13.4. The number of nitrogens with two attached hydrogens (primary N) is 1. The molecule has 2 heterocycles. The number of nitrogens with zero attached hydrogens (tertiary/aromatic N) is 2. The van der Waals surface area contributed by atoms with E-state index in [1.165, 1.54) is 6.26 Å². The molecule has 6 nitrogen and oxygen atoms in total. The number of aromatic nitrogens is 1. The van der Waals surface area contributed by atoms with Crippen LogP contribution in [0.15, 0.2) is 58.4 Å². The van der Waals surface area contributed by atoms with Crippen LogP contribution < -0.4 is 11.1 Å². The number of sulfone groups is 1. The van der Waals surface area contributed by atoms with Crippen LogP contribution >= 0.6 is 11.6 Å². The van der Waals surface area contributed by atoms with Gasteiger partial charge in [-0.2, -0.15) is 0 Å². The molecule has 0 unspecified atom stereocenters. The molecular weight excluding hydrogens is 408 g/mol. The van der Waals surface area contributed by atoms with Crippen LogP contribution in [0.3, 0.4) is 0 Å². The van der Waals surface area contributed by atoms with Crippen molar-refractivity contribution in [1.29, 1.82) is 0 Å². The number of rotatable bonds is 3. The van der Waals surface area contributed by atoms with E-state index in [1.807, 2.05) is 25.1 Å². The first-order valence-electron chi connectivity index (χ1n) is 8.91. The number of nitrogens with one attached hydrogen (secondary N) is 1. The summed E-state index contributed by atoms with van der Waals surface area (Å²) in [5.41, 5.74) is 11.6.